The van der Waals surface area contributed by atoms with Gasteiger partial charge >= 0.3 is 6.09 Å². The number of nitrogens with zero attached hydrogens (tertiary/aromatic N) is 2. The number of hydrogen-bond acceptors (Lipinski definition) is 6. The first-order chi connectivity index (χ1) is 12.6. The molecule has 138 valence electrons. The number of methoxy groups -OCH3 is 2. The second-order valence-electron chi connectivity index (χ2n) is 5.63. The van der Waals surface area contributed by atoms with Gasteiger partial charge in [-0.2, -0.15) is 0 Å². The van der Waals surface area contributed by atoms with Crippen molar-refractivity contribution >= 4 is 28.0 Å². The van der Waals surface area contributed by atoms with Crippen LogP contribution in [0, 0.1) is 0 Å². The molecule has 1 amide bonds. The lowest BCUT2D eigenvalue weighted by molar-refractivity contribution is 0.104. The fourth-order valence-corrected chi connectivity index (χ4v) is 2.99. The van der Waals surface area contributed by atoms with Gasteiger partial charge < -0.3 is 23.5 Å². The van der Waals surface area contributed by atoms with Crippen LogP contribution in [0.15, 0.2) is 28.8 Å². The molecule has 7 heteroatoms. The zero-order valence-corrected chi connectivity index (χ0v) is 15.4. The SMILES string of the molecule is CCOC(=O)N(CC)Cc1cc2c(OC)c3ncccc3c(OC)c2o1. The summed E-state index contributed by atoms with van der Waals surface area (Å²) in [5, 5.41) is 1.56. The maximum Gasteiger partial charge on any atom is 0.410 e. The van der Waals surface area contributed by atoms with Crippen molar-refractivity contribution in [2.75, 3.05) is 27.4 Å². The summed E-state index contributed by atoms with van der Waals surface area (Å²) in [6, 6.07) is 5.59. The van der Waals surface area contributed by atoms with Crippen LogP contribution in [0.3, 0.4) is 0 Å². The van der Waals surface area contributed by atoms with Crippen LogP contribution in [-0.4, -0.2) is 43.3 Å². The molecule has 1 aromatic carbocycles. The summed E-state index contributed by atoms with van der Waals surface area (Å²) in [6.07, 6.45) is 1.33. The molecule has 0 saturated heterocycles. The van der Waals surface area contributed by atoms with Crippen LogP contribution < -0.4 is 9.47 Å². The van der Waals surface area contributed by atoms with Crippen molar-refractivity contribution in [3.63, 3.8) is 0 Å². The van der Waals surface area contributed by atoms with Gasteiger partial charge in [0.05, 0.1) is 38.1 Å². The van der Waals surface area contributed by atoms with Gasteiger partial charge in [-0.15, -0.1) is 0 Å². The zero-order chi connectivity index (χ0) is 18.7. The summed E-state index contributed by atoms with van der Waals surface area (Å²) in [5.41, 5.74) is 1.27. The van der Waals surface area contributed by atoms with E-state index in [4.69, 9.17) is 18.6 Å². The number of ether oxygens (including phenoxy) is 3. The molecule has 0 aliphatic rings. The summed E-state index contributed by atoms with van der Waals surface area (Å²) >= 11 is 0. The molecule has 0 N–H and O–H groups in total. The average molecular weight is 358 g/mol. The molecule has 0 bridgehead atoms. The van der Waals surface area contributed by atoms with Gasteiger partial charge in [-0.1, -0.05) is 0 Å². The highest BCUT2D eigenvalue weighted by molar-refractivity contribution is 6.07. The number of amides is 1. The second-order valence-corrected chi connectivity index (χ2v) is 5.63. The molecule has 3 rings (SSSR count). The van der Waals surface area contributed by atoms with Gasteiger partial charge in [-0.05, 0) is 32.0 Å². The number of carbonyl (C=O) groups is 1. The van der Waals surface area contributed by atoms with Crippen LogP contribution in [0.25, 0.3) is 21.9 Å². The van der Waals surface area contributed by atoms with Gasteiger partial charge in [0.25, 0.3) is 0 Å². The van der Waals surface area contributed by atoms with E-state index in [9.17, 15) is 4.79 Å². The molecule has 0 spiro atoms. The predicted molar refractivity (Wildman–Crippen MR) is 97.7 cm³/mol. The lowest BCUT2D eigenvalue weighted by atomic mass is 10.1. The molecule has 3 aromatic rings. The van der Waals surface area contributed by atoms with Crippen molar-refractivity contribution < 1.29 is 23.4 Å². The van der Waals surface area contributed by atoms with E-state index in [-0.39, 0.29) is 6.09 Å². The molecule has 26 heavy (non-hydrogen) atoms. The van der Waals surface area contributed by atoms with Crippen LogP contribution in [0.4, 0.5) is 4.79 Å². The van der Waals surface area contributed by atoms with E-state index in [1.54, 1.807) is 32.2 Å². The highest BCUT2D eigenvalue weighted by Crippen LogP contribution is 2.43. The number of benzene rings is 1. The van der Waals surface area contributed by atoms with Crippen molar-refractivity contribution in [1.82, 2.24) is 9.88 Å². The van der Waals surface area contributed by atoms with Crippen LogP contribution in [0.2, 0.25) is 0 Å². The summed E-state index contributed by atoms with van der Waals surface area (Å²) in [7, 11) is 3.19. The van der Waals surface area contributed by atoms with Crippen molar-refractivity contribution in [3.05, 3.63) is 30.2 Å². The van der Waals surface area contributed by atoms with Crippen LogP contribution >= 0.6 is 0 Å². The van der Waals surface area contributed by atoms with Gasteiger partial charge in [-0.3, -0.25) is 4.98 Å². The first-order valence-electron chi connectivity index (χ1n) is 8.47. The number of hydrogen-bond donors (Lipinski definition) is 0. The first-order valence-corrected chi connectivity index (χ1v) is 8.47. The Kier molecular flexibility index (Phi) is 5.16. The molecule has 0 unspecified atom stereocenters. The van der Waals surface area contributed by atoms with Gasteiger partial charge in [0, 0.05) is 12.7 Å². The predicted octanol–water partition coefficient (Wildman–Crippen LogP) is 3.98. The van der Waals surface area contributed by atoms with Crippen LogP contribution in [0.1, 0.15) is 19.6 Å². The molecular weight excluding hydrogens is 336 g/mol. The Morgan fingerprint density at radius 3 is 2.62 bits per heavy atom. The fraction of sp³-hybridized carbons (Fsp3) is 0.368. The van der Waals surface area contributed by atoms with Gasteiger partial charge in [0.15, 0.2) is 17.1 Å². The lowest BCUT2D eigenvalue weighted by Gasteiger charge is -2.18. The van der Waals surface area contributed by atoms with Crippen molar-refractivity contribution in [2.45, 2.75) is 20.4 Å². The Labute approximate surface area is 151 Å². The van der Waals surface area contributed by atoms with Gasteiger partial charge in [0.2, 0.25) is 0 Å². The molecule has 0 aliphatic heterocycles. The van der Waals surface area contributed by atoms with E-state index < -0.39 is 0 Å². The summed E-state index contributed by atoms with van der Waals surface area (Å²) in [4.78, 5) is 18.0. The number of fused-ring (bicyclic) bond motifs is 2. The summed E-state index contributed by atoms with van der Waals surface area (Å²) in [6.45, 7) is 4.79. The van der Waals surface area contributed by atoms with Gasteiger partial charge in [-0.25, -0.2) is 4.79 Å². The van der Waals surface area contributed by atoms with E-state index in [1.807, 2.05) is 25.1 Å². The normalized spacial score (nSPS) is 10.9. The highest BCUT2D eigenvalue weighted by atomic mass is 16.6. The Hall–Kier alpha value is -2.96. The Bertz CT molecular complexity index is 874. The topological polar surface area (TPSA) is 74.0 Å². The highest BCUT2D eigenvalue weighted by Gasteiger charge is 2.22. The van der Waals surface area contributed by atoms with E-state index in [2.05, 4.69) is 4.98 Å². The Morgan fingerprint density at radius 2 is 1.96 bits per heavy atom. The molecule has 2 heterocycles. The minimum Gasteiger partial charge on any atom is -0.494 e. The number of pyridine rings is 1. The number of aromatic nitrogens is 1. The molecule has 0 aliphatic carbocycles. The van der Waals surface area contributed by atoms with Crippen LogP contribution in [0.5, 0.6) is 11.5 Å². The summed E-state index contributed by atoms with van der Waals surface area (Å²) < 4.78 is 22.3. The third-order valence-electron chi connectivity index (χ3n) is 4.16. The Balaban J connectivity index is 2.13. The van der Waals surface area contributed by atoms with Crippen molar-refractivity contribution in [3.8, 4) is 11.5 Å². The minimum absolute atomic E-state index is 0.292. The largest absolute Gasteiger partial charge is 0.494 e. The number of rotatable bonds is 6. The molecule has 0 radical (unpaired) electrons. The Morgan fingerprint density at radius 1 is 1.19 bits per heavy atom. The fourth-order valence-electron chi connectivity index (χ4n) is 2.99. The molecule has 0 atom stereocenters. The number of carbonyl (C=O) groups excluding carboxylic acids is 1. The molecule has 7 nitrogen and oxygen atoms in total. The lowest BCUT2D eigenvalue weighted by Crippen LogP contribution is -2.30. The van der Waals surface area contributed by atoms with Crippen LogP contribution in [-0.2, 0) is 11.3 Å². The van der Waals surface area contributed by atoms with Crippen molar-refractivity contribution in [2.24, 2.45) is 0 Å². The molecular formula is C19H22N2O5. The standard InChI is InChI=1S/C19H22N2O5/c1-5-21(19(22)25-6-2)11-12-10-14-16(23-3)15-13(8-7-9-20-15)17(24-4)18(14)26-12/h7-10H,5-6,11H2,1-4H3. The van der Waals surface area contributed by atoms with E-state index in [0.29, 0.717) is 48.1 Å². The average Bonchev–Trinajstić information content (AvgIpc) is 3.07. The zero-order valence-electron chi connectivity index (χ0n) is 15.4. The monoisotopic (exact) mass is 358 g/mol. The third kappa shape index (κ3) is 3.00. The first kappa shape index (κ1) is 17.8. The number of furan rings is 1. The third-order valence-corrected chi connectivity index (χ3v) is 4.16. The molecule has 0 saturated carbocycles. The molecule has 2 aromatic heterocycles. The van der Waals surface area contributed by atoms with Gasteiger partial charge in [0.1, 0.15) is 11.3 Å². The van der Waals surface area contributed by atoms with E-state index in [1.165, 1.54) is 0 Å². The smallest absolute Gasteiger partial charge is 0.410 e. The second kappa shape index (κ2) is 7.51. The quantitative estimate of drug-likeness (QED) is 0.664. The summed E-state index contributed by atoms with van der Waals surface area (Å²) in [5.74, 6) is 1.82. The maximum absolute atomic E-state index is 12.0. The molecule has 0 fully saturated rings. The van der Waals surface area contributed by atoms with E-state index >= 15 is 0 Å². The minimum atomic E-state index is -0.374. The maximum atomic E-state index is 12.0. The van der Waals surface area contributed by atoms with E-state index in [0.717, 1.165) is 10.8 Å². The van der Waals surface area contributed by atoms with Crippen molar-refractivity contribution in [1.29, 1.82) is 0 Å².